The van der Waals surface area contributed by atoms with Gasteiger partial charge >= 0.3 is 0 Å². The summed E-state index contributed by atoms with van der Waals surface area (Å²) in [5.41, 5.74) is 6.35. The summed E-state index contributed by atoms with van der Waals surface area (Å²) in [5, 5.41) is 1.05. The number of hydrogen-bond donors (Lipinski definition) is 1. The third kappa shape index (κ3) is 2.12. The molecule has 3 nitrogen and oxygen atoms in total. The number of benzene rings is 1. The van der Waals surface area contributed by atoms with Crippen LogP contribution >= 0.6 is 12.2 Å². The van der Waals surface area contributed by atoms with Gasteiger partial charge in [-0.1, -0.05) is 30.4 Å². The smallest absolute Gasteiger partial charge is 0.251 e. The summed E-state index contributed by atoms with van der Waals surface area (Å²) < 4.78 is 1.70. The quantitative estimate of drug-likeness (QED) is 0.819. The summed E-state index contributed by atoms with van der Waals surface area (Å²) in [6.45, 7) is 0.537. The van der Waals surface area contributed by atoms with E-state index in [-0.39, 0.29) is 5.56 Å². The molecule has 0 fully saturated rings. The van der Waals surface area contributed by atoms with Gasteiger partial charge in [-0.05, 0) is 17.5 Å². The predicted octanol–water partition coefficient (Wildman–Crippen LogP) is 1.68. The van der Waals surface area contributed by atoms with Crippen molar-refractivity contribution in [1.29, 1.82) is 0 Å². The van der Waals surface area contributed by atoms with Gasteiger partial charge in [0.15, 0.2) is 0 Å². The van der Waals surface area contributed by atoms with Crippen LogP contribution in [0.5, 0.6) is 0 Å². The predicted molar refractivity (Wildman–Crippen MR) is 69.6 cm³/mol. The summed E-state index contributed by atoms with van der Waals surface area (Å²) in [7, 11) is 0. The van der Waals surface area contributed by atoms with Crippen molar-refractivity contribution in [1.82, 2.24) is 4.57 Å². The molecule has 2 rings (SSSR count). The highest BCUT2D eigenvalue weighted by Crippen LogP contribution is 2.11. The minimum Gasteiger partial charge on any atom is -0.393 e. The van der Waals surface area contributed by atoms with Crippen molar-refractivity contribution in [3.05, 3.63) is 46.8 Å². The number of para-hydroxylation sites is 1. The van der Waals surface area contributed by atoms with Crippen LogP contribution in [0.3, 0.4) is 0 Å². The Morgan fingerprint density at radius 3 is 2.75 bits per heavy atom. The number of nitrogens with zero attached hydrogens (tertiary/aromatic N) is 1. The number of aryl methyl sites for hydroxylation is 1. The maximum Gasteiger partial charge on any atom is 0.251 e. The number of thiocarbonyl (C=S) groups is 1. The van der Waals surface area contributed by atoms with E-state index in [2.05, 4.69) is 0 Å². The highest BCUT2D eigenvalue weighted by Gasteiger charge is 2.02. The van der Waals surface area contributed by atoms with Crippen molar-refractivity contribution >= 4 is 28.1 Å². The van der Waals surface area contributed by atoms with Crippen LogP contribution in [0.4, 0.5) is 0 Å². The third-order valence-electron chi connectivity index (χ3n) is 2.48. The van der Waals surface area contributed by atoms with E-state index in [0.29, 0.717) is 18.0 Å². The standard InChI is InChI=1S/C12H12N2OS/c13-11(16)7-8-14-10-4-2-1-3-9(10)5-6-12(14)15/h1-6H,7-8H2,(H2,13,16). The summed E-state index contributed by atoms with van der Waals surface area (Å²) in [6.07, 6.45) is 0.545. The molecule has 1 aromatic heterocycles. The fraction of sp³-hybridized carbons (Fsp3) is 0.167. The number of pyridine rings is 1. The zero-order valence-corrected chi connectivity index (χ0v) is 9.54. The zero-order chi connectivity index (χ0) is 11.5. The molecule has 0 amide bonds. The largest absolute Gasteiger partial charge is 0.393 e. The van der Waals surface area contributed by atoms with E-state index in [1.54, 1.807) is 10.6 Å². The molecule has 1 heterocycles. The molecule has 0 atom stereocenters. The Morgan fingerprint density at radius 2 is 2.00 bits per heavy atom. The van der Waals surface area contributed by atoms with Gasteiger partial charge < -0.3 is 10.3 Å². The highest BCUT2D eigenvalue weighted by atomic mass is 32.1. The lowest BCUT2D eigenvalue weighted by atomic mass is 10.2. The molecule has 2 aromatic rings. The van der Waals surface area contributed by atoms with Crippen LogP contribution in [0.1, 0.15) is 6.42 Å². The van der Waals surface area contributed by atoms with Gasteiger partial charge in [-0.25, -0.2) is 0 Å². The van der Waals surface area contributed by atoms with E-state index >= 15 is 0 Å². The fourth-order valence-electron chi connectivity index (χ4n) is 1.70. The first kappa shape index (κ1) is 10.8. The normalized spacial score (nSPS) is 10.5. The minimum absolute atomic E-state index is 0.0186. The maximum atomic E-state index is 11.7. The number of fused-ring (bicyclic) bond motifs is 1. The van der Waals surface area contributed by atoms with E-state index in [1.807, 2.05) is 30.3 Å². The molecule has 0 bridgehead atoms. The number of hydrogen-bond acceptors (Lipinski definition) is 2. The van der Waals surface area contributed by atoms with Gasteiger partial charge in [-0.2, -0.15) is 0 Å². The summed E-state index contributed by atoms with van der Waals surface area (Å²) >= 11 is 4.82. The van der Waals surface area contributed by atoms with E-state index in [9.17, 15) is 4.79 Å². The van der Waals surface area contributed by atoms with Crippen LogP contribution in [0, 0.1) is 0 Å². The van der Waals surface area contributed by atoms with Gasteiger partial charge in [-0.3, -0.25) is 4.79 Å². The number of nitrogens with two attached hydrogens (primary N) is 1. The van der Waals surface area contributed by atoms with Gasteiger partial charge in [0, 0.05) is 19.0 Å². The van der Waals surface area contributed by atoms with Crippen LogP contribution in [0.2, 0.25) is 0 Å². The average Bonchev–Trinajstić information content (AvgIpc) is 2.27. The molecule has 0 radical (unpaired) electrons. The van der Waals surface area contributed by atoms with Crippen molar-refractivity contribution in [2.45, 2.75) is 13.0 Å². The Kier molecular flexibility index (Phi) is 3.01. The van der Waals surface area contributed by atoms with Crippen LogP contribution < -0.4 is 11.3 Å². The molecule has 82 valence electrons. The molecule has 2 N–H and O–H groups in total. The molecule has 0 aliphatic rings. The van der Waals surface area contributed by atoms with E-state index in [0.717, 1.165) is 10.9 Å². The second-order valence-corrected chi connectivity index (χ2v) is 4.12. The van der Waals surface area contributed by atoms with Crippen LogP contribution in [-0.2, 0) is 6.54 Å². The Balaban J connectivity index is 2.53. The first-order valence-corrected chi connectivity index (χ1v) is 5.46. The molecule has 0 saturated carbocycles. The fourth-order valence-corrected chi connectivity index (χ4v) is 1.79. The lowest BCUT2D eigenvalue weighted by Gasteiger charge is -2.08. The third-order valence-corrected chi connectivity index (χ3v) is 2.68. The Labute approximate surface area is 98.5 Å². The molecule has 0 spiro atoms. The summed E-state index contributed by atoms with van der Waals surface area (Å²) in [4.78, 5) is 12.2. The van der Waals surface area contributed by atoms with Crippen molar-refractivity contribution in [2.24, 2.45) is 5.73 Å². The summed E-state index contributed by atoms with van der Waals surface area (Å²) in [6, 6.07) is 11.2. The first-order chi connectivity index (χ1) is 7.68. The number of aromatic nitrogens is 1. The second kappa shape index (κ2) is 4.45. The highest BCUT2D eigenvalue weighted by molar-refractivity contribution is 7.80. The molecule has 0 aliphatic carbocycles. The van der Waals surface area contributed by atoms with Gasteiger partial charge in [0.2, 0.25) is 0 Å². The topological polar surface area (TPSA) is 48.0 Å². The van der Waals surface area contributed by atoms with Crippen molar-refractivity contribution in [3.63, 3.8) is 0 Å². The Bertz CT molecular complexity index is 589. The molecule has 1 aromatic carbocycles. The molecule has 0 saturated heterocycles. The maximum absolute atomic E-state index is 11.7. The van der Waals surface area contributed by atoms with Gasteiger partial charge in [0.25, 0.3) is 5.56 Å². The van der Waals surface area contributed by atoms with Crippen molar-refractivity contribution < 1.29 is 0 Å². The molecular formula is C12H12N2OS. The molecule has 0 unspecified atom stereocenters. The van der Waals surface area contributed by atoms with Crippen molar-refractivity contribution in [2.75, 3.05) is 0 Å². The Hall–Kier alpha value is -1.68. The SMILES string of the molecule is NC(=S)CCn1c(=O)ccc2ccccc21. The molecule has 0 aliphatic heterocycles. The van der Waals surface area contributed by atoms with E-state index in [1.165, 1.54) is 0 Å². The van der Waals surface area contributed by atoms with Crippen LogP contribution in [0.15, 0.2) is 41.2 Å². The summed E-state index contributed by atoms with van der Waals surface area (Å²) in [5.74, 6) is 0. The lowest BCUT2D eigenvalue weighted by molar-refractivity contribution is 0.725. The molecular weight excluding hydrogens is 220 g/mol. The van der Waals surface area contributed by atoms with Gasteiger partial charge in [0.05, 0.1) is 10.5 Å². The number of rotatable bonds is 3. The average molecular weight is 232 g/mol. The first-order valence-electron chi connectivity index (χ1n) is 5.05. The van der Waals surface area contributed by atoms with Crippen molar-refractivity contribution in [3.8, 4) is 0 Å². The van der Waals surface area contributed by atoms with Gasteiger partial charge in [0.1, 0.15) is 0 Å². The second-order valence-electron chi connectivity index (χ2n) is 3.60. The Morgan fingerprint density at radius 1 is 1.25 bits per heavy atom. The zero-order valence-electron chi connectivity index (χ0n) is 8.72. The minimum atomic E-state index is -0.0186. The van der Waals surface area contributed by atoms with Crippen LogP contribution in [0.25, 0.3) is 10.9 Å². The van der Waals surface area contributed by atoms with E-state index in [4.69, 9.17) is 18.0 Å². The molecule has 16 heavy (non-hydrogen) atoms. The van der Waals surface area contributed by atoms with Gasteiger partial charge in [-0.15, -0.1) is 0 Å². The molecule has 4 heteroatoms. The van der Waals surface area contributed by atoms with E-state index < -0.39 is 0 Å². The monoisotopic (exact) mass is 232 g/mol. The lowest BCUT2D eigenvalue weighted by Crippen LogP contribution is -2.22. The van der Waals surface area contributed by atoms with Crippen LogP contribution in [-0.4, -0.2) is 9.56 Å².